The van der Waals surface area contributed by atoms with Crippen LogP contribution in [0, 0.1) is 45.3 Å². The summed E-state index contributed by atoms with van der Waals surface area (Å²) in [6, 6.07) is 10.9. The molecule has 1 aromatic rings. The van der Waals surface area contributed by atoms with Crippen LogP contribution in [-0.2, 0) is 20.3 Å². The van der Waals surface area contributed by atoms with Crippen molar-refractivity contribution in [2.24, 2.45) is 0 Å². The van der Waals surface area contributed by atoms with Crippen molar-refractivity contribution in [3.63, 3.8) is 0 Å². The highest BCUT2D eigenvalue weighted by Gasteiger charge is 2.43. The topological polar surface area (TPSA) is 210 Å². The van der Waals surface area contributed by atoms with E-state index in [1.54, 1.807) is 38.1 Å². The number of unbranched alkanes of at least 4 members (excludes halogenated alkanes) is 2. The zero-order chi connectivity index (χ0) is 29.1. The van der Waals surface area contributed by atoms with Crippen LogP contribution < -0.4 is 4.90 Å². The number of aliphatic hydroxyl groups excluding tert-OH is 1. The van der Waals surface area contributed by atoms with E-state index in [2.05, 4.69) is 0 Å². The molecule has 0 fully saturated rings. The maximum atomic E-state index is 11.8. The summed E-state index contributed by atoms with van der Waals surface area (Å²) in [7, 11) is -4.51. The van der Waals surface area contributed by atoms with Crippen LogP contribution in [0.3, 0.4) is 0 Å². The average molecular weight is 546 g/mol. The number of hydrogen-bond donors (Lipinski definition) is 3. The van der Waals surface area contributed by atoms with E-state index >= 15 is 0 Å². The third-order valence-electron chi connectivity index (χ3n) is 6.67. The number of nitriles is 4. The van der Waals surface area contributed by atoms with E-state index < -0.39 is 38.4 Å². The Hall–Kier alpha value is -4.88. The van der Waals surface area contributed by atoms with Gasteiger partial charge in [0.2, 0.25) is 0 Å². The number of aliphatic hydroxyl groups is 1. The van der Waals surface area contributed by atoms with Crippen LogP contribution in [0.5, 0.6) is 0 Å². The summed E-state index contributed by atoms with van der Waals surface area (Å²) in [5.74, 6) is -1.35. The Balaban J connectivity index is 2.22. The van der Waals surface area contributed by atoms with E-state index in [-0.39, 0.29) is 28.0 Å². The number of aliphatic carboxylic acids is 1. The maximum Gasteiger partial charge on any atom is 0.303 e. The normalized spacial score (nSPS) is 16.5. The van der Waals surface area contributed by atoms with Gasteiger partial charge >= 0.3 is 5.97 Å². The van der Waals surface area contributed by atoms with Crippen molar-refractivity contribution in [1.82, 2.24) is 0 Å². The molecule has 3 N–H and O–H groups in total. The number of allylic oxidation sites excluding steroid dienone is 6. The first-order chi connectivity index (χ1) is 18.3. The first-order valence-electron chi connectivity index (χ1n) is 11.7. The van der Waals surface area contributed by atoms with Gasteiger partial charge in [-0.15, -0.1) is 0 Å². The van der Waals surface area contributed by atoms with E-state index in [4.69, 9.17) is 5.11 Å². The number of fused-ring (bicyclic) bond motifs is 1. The van der Waals surface area contributed by atoms with Crippen LogP contribution in [0.4, 0.5) is 5.69 Å². The molecule has 1 aliphatic carbocycles. The van der Waals surface area contributed by atoms with Crippen LogP contribution in [0.15, 0.2) is 68.5 Å². The largest absolute Gasteiger partial charge is 0.507 e. The van der Waals surface area contributed by atoms with E-state index in [1.807, 2.05) is 4.90 Å². The number of carbonyl (C=O) groups is 1. The molecule has 0 saturated carbocycles. The summed E-state index contributed by atoms with van der Waals surface area (Å²) in [5, 5.41) is 57.4. The van der Waals surface area contributed by atoms with E-state index in [9.17, 15) is 43.9 Å². The fraction of sp³-hybridized carbons (Fsp3) is 0.296. The van der Waals surface area contributed by atoms with Gasteiger partial charge in [0.1, 0.15) is 41.2 Å². The van der Waals surface area contributed by atoms with Crippen LogP contribution in [0.1, 0.15) is 45.1 Å². The summed E-state index contributed by atoms with van der Waals surface area (Å²) < 4.78 is 33.3. The van der Waals surface area contributed by atoms with Gasteiger partial charge in [0, 0.05) is 40.9 Å². The highest BCUT2D eigenvalue weighted by molar-refractivity contribution is 7.85. The van der Waals surface area contributed by atoms with Crippen molar-refractivity contribution in [1.29, 1.82) is 21.0 Å². The number of nitrogens with zero attached hydrogens (tertiary/aromatic N) is 5. The highest BCUT2D eigenvalue weighted by atomic mass is 32.2. The zero-order valence-corrected chi connectivity index (χ0v) is 21.9. The first kappa shape index (κ1) is 28.7. The Morgan fingerprint density at radius 1 is 1.00 bits per heavy atom. The van der Waals surface area contributed by atoms with E-state index in [1.165, 1.54) is 24.3 Å². The lowest BCUT2D eigenvalue weighted by atomic mass is 9.75. The molecule has 0 bridgehead atoms. The standard InChI is InChI=1S/C27H23N5O6S/c1-27(2)20-10-18(39(36,37)38)7-8-21(20)32(9-5-3-4-6-23(33)34)22(27)11-19-24(16(12-28)13-29)25(26(19)35)17(14-30)15-31/h7-8,10-11,35H,3-6,9H2,1-2H3,(H,33,34)(H,36,37,38). The summed E-state index contributed by atoms with van der Waals surface area (Å²) >= 11 is 0. The van der Waals surface area contributed by atoms with Crippen molar-refractivity contribution in [2.75, 3.05) is 11.4 Å². The molecule has 198 valence electrons. The van der Waals surface area contributed by atoms with Gasteiger partial charge in [-0.05, 0) is 42.7 Å². The van der Waals surface area contributed by atoms with Crippen LogP contribution in [-0.4, -0.2) is 35.7 Å². The molecule has 0 amide bonds. The molecule has 1 aliphatic heterocycles. The van der Waals surface area contributed by atoms with Gasteiger partial charge < -0.3 is 15.1 Å². The van der Waals surface area contributed by atoms with Gasteiger partial charge in [0.25, 0.3) is 10.1 Å². The first-order valence-corrected chi connectivity index (χ1v) is 13.1. The number of benzene rings is 1. The number of carboxylic acids is 1. The molecule has 1 heterocycles. The van der Waals surface area contributed by atoms with Crippen LogP contribution in [0.25, 0.3) is 0 Å². The van der Waals surface area contributed by atoms with Gasteiger partial charge in [0.15, 0.2) is 0 Å². The van der Waals surface area contributed by atoms with Crippen molar-refractivity contribution in [3.05, 3.63) is 69.2 Å². The summed E-state index contributed by atoms with van der Waals surface area (Å²) in [6.07, 6.45) is 3.14. The van der Waals surface area contributed by atoms with Gasteiger partial charge in [-0.25, -0.2) is 0 Å². The van der Waals surface area contributed by atoms with Crippen molar-refractivity contribution in [3.8, 4) is 24.3 Å². The minimum absolute atomic E-state index is 0.0116. The number of hydrogen-bond acceptors (Lipinski definition) is 9. The van der Waals surface area contributed by atoms with Crippen LogP contribution >= 0.6 is 0 Å². The predicted octanol–water partition coefficient (Wildman–Crippen LogP) is 4.07. The Labute approximate surface area is 225 Å². The molecule has 12 heteroatoms. The third-order valence-corrected chi connectivity index (χ3v) is 7.52. The number of rotatable bonds is 8. The fourth-order valence-corrected chi connectivity index (χ4v) is 5.24. The SMILES string of the molecule is CC1(C)C(=CC2=C(O)C(=C(C#N)C#N)C2=C(C#N)C#N)N(CCCCCC(=O)O)c2ccc(S(=O)(=O)O)cc21. The molecule has 0 unspecified atom stereocenters. The van der Waals surface area contributed by atoms with Crippen molar-refractivity contribution in [2.45, 2.75) is 49.8 Å². The number of carboxylic acid groups (broad SMARTS) is 1. The van der Waals surface area contributed by atoms with E-state index in [0.29, 0.717) is 42.8 Å². The Morgan fingerprint density at radius 2 is 1.59 bits per heavy atom. The van der Waals surface area contributed by atoms with Gasteiger partial charge in [-0.1, -0.05) is 20.3 Å². The minimum atomic E-state index is -4.51. The average Bonchev–Trinajstić information content (AvgIpc) is 3.09. The van der Waals surface area contributed by atoms with Gasteiger partial charge in [0.05, 0.1) is 10.5 Å². The zero-order valence-electron chi connectivity index (χ0n) is 21.1. The maximum absolute atomic E-state index is 11.8. The Morgan fingerprint density at radius 3 is 2.13 bits per heavy atom. The quantitative estimate of drug-likeness (QED) is 0.241. The Bertz CT molecular complexity index is 1640. The molecule has 0 saturated heterocycles. The van der Waals surface area contributed by atoms with Gasteiger partial charge in [-0.3, -0.25) is 9.35 Å². The molecular weight excluding hydrogens is 522 g/mol. The third kappa shape index (κ3) is 5.26. The van der Waals surface area contributed by atoms with Crippen molar-refractivity contribution < 1.29 is 28.0 Å². The summed E-state index contributed by atoms with van der Waals surface area (Å²) in [4.78, 5) is 12.4. The molecule has 39 heavy (non-hydrogen) atoms. The predicted molar refractivity (Wildman–Crippen MR) is 137 cm³/mol. The lowest BCUT2D eigenvalue weighted by molar-refractivity contribution is -0.137. The molecule has 3 rings (SSSR count). The van der Waals surface area contributed by atoms with Crippen LogP contribution in [0.2, 0.25) is 0 Å². The van der Waals surface area contributed by atoms with Gasteiger partial charge in [-0.2, -0.15) is 29.5 Å². The smallest absolute Gasteiger partial charge is 0.303 e. The molecular formula is C27H23N5O6S. The molecule has 0 atom stereocenters. The second kappa shape index (κ2) is 10.8. The molecule has 11 nitrogen and oxygen atoms in total. The van der Waals surface area contributed by atoms with E-state index in [0.717, 1.165) is 0 Å². The lowest BCUT2D eigenvalue weighted by Gasteiger charge is -2.31. The molecule has 2 aliphatic rings. The number of anilines is 1. The summed E-state index contributed by atoms with van der Waals surface area (Å²) in [6.45, 7) is 3.96. The Kier molecular flexibility index (Phi) is 7.98. The molecule has 0 spiro atoms. The molecule has 0 aromatic heterocycles. The second-order valence-electron chi connectivity index (χ2n) is 9.37. The van der Waals surface area contributed by atoms with Crippen molar-refractivity contribution >= 4 is 21.8 Å². The fourth-order valence-electron chi connectivity index (χ4n) is 4.74. The molecule has 0 radical (unpaired) electrons. The monoisotopic (exact) mass is 545 g/mol. The molecule has 1 aromatic carbocycles. The lowest BCUT2D eigenvalue weighted by Crippen LogP contribution is -2.28. The second-order valence-corrected chi connectivity index (χ2v) is 10.8. The minimum Gasteiger partial charge on any atom is -0.507 e. The highest BCUT2D eigenvalue weighted by Crippen LogP contribution is 2.51. The summed E-state index contributed by atoms with van der Waals surface area (Å²) in [5.41, 5.74) is -0.239.